The number of amides is 4. The van der Waals surface area contributed by atoms with E-state index in [4.69, 9.17) is 10.8 Å². The van der Waals surface area contributed by atoms with Gasteiger partial charge in [-0.15, -0.1) is 0 Å². The van der Waals surface area contributed by atoms with Crippen LogP contribution in [0.1, 0.15) is 48.0 Å². The van der Waals surface area contributed by atoms with E-state index in [1.165, 1.54) is 27.7 Å². The van der Waals surface area contributed by atoms with Gasteiger partial charge in [-0.2, -0.15) is 0 Å². The van der Waals surface area contributed by atoms with Crippen molar-refractivity contribution in [3.63, 3.8) is 0 Å². The summed E-state index contributed by atoms with van der Waals surface area (Å²) in [6.45, 7) is 9.40. The van der Waals surface area contributed by atoms with Gasteiger partial charge in [0, 0.05) is 0 Å². The van der Waals surface area contributed by atoms with E-state index < -0.39 is 59.8 Å². The molecule has 0 saturated heterocycles. The molecule has 0 saturated carbocycles. The van der Waals surface area contributed by atoms with E-state index in [2.05, 4.69) is 21.3 Å². The minimum Gasteiger partial charge on any atom is -0.480 e. The first kappa shape index (κ1) is 26.3. The molecule has 0 spiro atoms. The van der Waals surface area contributed by atoms with Crippen molar-refractivity contribution in [2.45, 2.75) is 78.2 Å². The molecular formula is C18H33N5O6. The summed E-state index contributed by atoms with van der Waals surface area (Å²) < 4.78 is 0. The topological polar surface area (TPSA) is 180 Å². The van der Waals surface area contributed by atoms with E-state index in [0.717, 1.165) is 0 Å². The van der Waals surface area contributed by atoms with Crippen molar-refractivity contribution in [2.75, 3.05) is 0 Å². The molecule has 0 aliphatic heterocycles. The fraction of sp³-hybridized carbons (Fsp3) is 0.722. The van der Waals surface area contributed by atoms with E-state index in [-0.39, 0.29) is 5.92 Å². The molecule has 0 unspecified atom stereocenters. The summed E-state index contributed by atoms with van der Waals surface area (Å²) in [5.74, 6) is -3.35. The highest BCUT2D eigenvalue weighted by Gasteiger charge is 2.26. The van der Waals surface area contributed by atoms with Crippen LogP contribution in [0.3, 0.4) is 0 Å². The predicted molar refractivity (Wildman–Crippen MR) is 105 cm³/mol. The van der Waals surface area contributed by atoms with Gasteiger partial charge in [-0.25, -0.2) is 0 Å². The molecule has 11 nitrogen and oxygen atoms in total. The zero-order valence-corrected chi connectivity index (χ0v) is 17.7. The lowest BCUT2D eigenvalue weighted by molar-refractivity contribution is -0.141. The molecule has 0 bridgehead atoms. The second-order valence-electron chi connectivity index (χ2n) is 7.50. The van der Waals surface area contributed by atoms with Crippen molar-refractivity contribution in [1.29, 1.82) is 0 Å². The SMILES string of the molecule is CC(C)C[C@H](N)C(=O)N[C@@H](C)C(=O)N[C@@H](C)C(=O)N[C@@H](C)C(=O)N[C@@H](C)C(=O)O. The number of nitrogens with two attached hydrogens (primary N) is 1. The number of aliphatic carboxylic acids is 1. The molecule has 7 N–H and O–H groups in total. The highest BCUT2D eigenvalue weighted by molar-refractivity contribution is 5.94. The minimum atomic E-state index is -1.21. The number of carbonyl (C=O) groups is 5. The first-order valence-corrected chi connectivity index (χ1v) is 9.46. The molecule has 0 fully saturated rings. The van der Waals surface area contributed by atoms with Gasteiger partial charge in [-0.3, -0.25) is 24.0 Å². The summed E-state index contributed by atoms with van der Waals surface area (Å²) in [5.41, 5.74) is 5.77. The molecule has 0 aliphatic rings. The van der Waals surface area contributed by atoms with E-state index in [1.807, 2.05) is 13.8 Å². The summed E-state index contributed by atoms with van der Waals surface area (Å²) in [5, 5.41) is 18.3. The van der Waals surface area contributed by atoms with Crippen molar-refractivity contribution >= 4 is 29.6 Å². The second-order valence-corrected chi connectivity index (χ2v) is 7.50. The number of carboxylic acid groups (broad SMARTS) is 1. The number of hydrogen-bond donors (Lipinski definition) is 6. The Labute approximate surface area is 170 Å². The van der Waals surface area contributed by atoms with Gasteiger partial charge in [0.25, 0.3) is 0 Å². The third-order valence-electron chi connectivity index (χ3n) is 4.05. The monoisotopic (exact) mass is 415 g/mol. The second kappa shape index (κ2) is 12.0. The Morgan fingerprint density at radius 1 is 0.655 bits per heavy atom. The highest BCUT2D eigenvalue weighted by Crippen LogP contribution is 2.03. The van der Waals surface area contributed by atoms with Crippen LogP contribution in [-0.4, -0.2) is 64.9 Å². The molecule has 0 aliphatic carbocycles. The number of rotatable bonds is 11. The molecule has 5 atom stereocenters. The molecule has 0 aromatic carbocycles. The average molecular weight is 415 g/mol. The Bertz CT molecular complexity index is 624. The molecule has 11 heteroatoms. The summed E-state index contributed by atoms with van der Waals surface area (Å²) in [7, 11) is 0. The van der Waals surface area contributed by atoms with Crippen LogP contribution >= 0.6 is 0 Å². The van der Waals surface area contributed by atoms with Gasteiger partial charge < -0.3 is 32.1 Å². The quantitative estimate of drug-likeness (QED) is 0.237. The maximum absolute atomic E-state index is 12.2. The molecule has 0 aromatic heterocycles. The molecule has 0 heterocycles. The van der Waals surface area contributed by atoms with E-state index >= 15 is 0 Å². The van der Waals surface area contributed by atoms with Crippen LogP contribution < -0.4 is 27.0 Å². The van der Waals surface area contributed by atoms with Gasteiger partial charge >= 0.3 is 5.97 Å². The third-order valence-corrected chi connectivity index (χ3v) is 4.05. The van der Waals surface area contributed by atoms with Gasteiger partial charge in [0.1, 0.15) is 24.2 Å². The summed E-state index contributed by atoms with van der Waals surface area (Å²) in [4.78, 5) is 59.0. The lowest BCUT2D eigenvalue weighted by Crippen LogP contribution is -2.56. The fourth-order valence-corrected chi connectivity index (χ4v) is 2.21. The molecule has 4 amide bonds. The lowest BCUT2D eigenvalue weighted by Gasteiger charge is -2.22. The van der Waals surface area contributed by atoms with Crippen molar-refractivity contribution in [2.24, 2.45) is 11.7 Å². The maximum Gasteiger partial charge on any atom is 0.325 e. The van der Waals surface area contributed by atoms with Crippen LogP contribution in [-0.2, 0) is 24.0 Å². The third kappa shape index (κ3) is 9.88. The Hall–Kier alpha value is -2.69. The maximum atomic E-state index is 12.2. The summed E-state index contributed by atoms with van der Waals surface area (Å²) in [6.07, 6.45) is 0.472. The van der Waals surface area contributed by atoms with E-state index in [1.54, 1.807) is 0 Å². The van der Waals surface area contributed by atoms with Gasteiger partial charge in [0.15, 0.2) is 0 Å². The van der Waals surface area contributed by atoms with Crippen LogP contribution in [0.25, 0.3) is 0 Å². The number of hydrogen-bond acceptors (Lipinski definition) is 6. The highest BCUT2D eigenvalue weighted by atomic mass is 16.4. The van der Waals surface area contributed by atoms with Crippen LogP contribution in [0.5, 0.6) is 0 Å². The van der Waals surface area contributed by atoms with Crippen LogP contribution in [0, 0.1) is 5.92 Å². The Kier molecular flexibility index (Phi) is 10.9. The van der Waals surface area contributed by atoms with Crippen molar-refractivity contribution in [1.82, 2.24) is 21.3 Å². The van der Waals surface area contributed by atoms with Gasteiger partial charge in [0.2, 0.25) is 23.6 Å². The number of nitrogens with one attached hydrogen (secondary N) is 4. The van der Waals surface area contributed by atoms with E-state index in [9.17, 15) is 24.0 Å². The first-order chi connectivity index (χ1) is 13.3. The molecule has 166 valence electrons. The van der Waals surface area contributed by atoms with Crippen molar-refractivity contribution < 1.29 is 29.1 Å². The Morgan fingerprint density at radius 3 is 1.28 bits per heavy atom. The predicted octanol–water partition coefficient (Wildman–Crippen LogP) is -1.54. The number of carbonyl (C=O) groups excluding carboxylic acids is 4. The number of carboxylic acids is 1. The normalized spacial score (nSPS) is 16.0. The Balaban J connectivity index is 4.58. The first-order valence-electron chi connectivity index (χ1n) is 9.46. The van der Waals surface area contributed by atoms with Gasteiger partial charge in [0.05, 0.1) is 6.04 Å². The van der Waals surface area contributed by atoms with Crippen molar-refractivity contribution in [3.05, 3.63) is 0 Å². The minimum absolute atomic E-state index is 0.223. The van der Waals surface area contributed by atoms with Crippen LogP contribution in [0.15, 0.2) is 0 Å². The van der Waals surface area contributed by atoms with E-state index in [0.29, 0.717) is 6.42 Å². The average Bonchev–Trinajstić information content (AvgIpc) is 2.60. The van der Waals surface area contributed by atoms with Gasteiger partial charge in [-0.1, -0.05) is 13.8 Å². The molecule has 29 heavy (non-hydrogen) atoms. The van der Waals surface area contributed by atoms with Crippen LogP contribution in [0.4, 0.5) is 0 Å². The summed E-state index contributed by atoms with van der Waals surface area (Å²) in [6, 6.07) is -4.75. The smallest absolute Gasteiger partial charge is 0.325 e. The van der Waals surface area contributed by atoms with Crippen LogP contribution in [0.2, 0.25) is 0 Å². The molecule has 0 aromatic rings. The Morgan fingerprint density at radius 2 is 0.966 bits per heavy atom. The van der Waals surface area contributed by atoms with Gasteiger partial charge in [-0.05, 0) is 40.0 Å². The molecular weight excluding hydrogens is 382 g/mol. The lowest BCUT2D eigenvalue weighted by atomic mass is 10.0. The standard InChI is InChI=1S/C18H33N5O6/c1-8(2)7-13(19)17(27)22-11(5)15(25)20-9(3)14(24)21-10(4)16(26)23-12(6)18(28)29/h8-13H,7,19H2,1-6H3,(H,20,25)(H,21,24)(H,22,27)(H,23,26)(H,28,29)/t9-,10-,11-,12-,13-/m0/s1. The van der Waals surface area contributed by atoms with Crippen molar-refractivity contribution in [3.8, 4) is 0 Å². The zero-order chi connectivity index (χ0) is 22.9. The zero-order valence-electron chi connectivity index (χ0n) is 17.7. The fourth-order valence-electron chi connectivity index (χ4n) is 2.21. The molecule has 0 radical (unpaired) electrons. The molecule has 0 rings (SSSR count). The largest absolute Gasteiger partial charge is 0.480 e. The summed E-state index contributed by atoms with van der Waals surface area (Å²) >= 11 is 0.